The van der Waals surface area contributed by atoms with E-state index in [1.165, 1.54) is 6.08 Å². The van der Waals surface area contributed by atoms with Gasteiger partial charge >= 0.3 is 0 Å². The fourth-order valence-corrected chi connectivity index (χ4v) is 3.80. The van der Waals surface area contributed by atoms with Crippen LogP contribution in [0.25, 0.3) is 34.2 Å². The summed E-state index contributed by atoms with van der Waals surface area (Å²) >= 11 is 0. The Hall–Kier alpha value is -4.49. The molecule has 0 fully saturated rings. The highest BCUT2D eigenvalue weighted by Gasteiger charge is 2.13. The zero-order valence-corrected chi connectivity index (χ0v) is 17.7. The SMILES string of the molecule is O=C(C=Cc1cccc(-c2nc3ccccc3n2Cc2ccc(-n3cccn3)cc2)c1)NO. The number of hydroxylamine groups is 1. The lowest BCUT2D eigenvalue weighted by molar-refractivity contribution is -0.124. The highest BCUT2D eigenvalue weighted by Crippen LogP contribution is 2.27. The Morgan fingerprint density at radius 1 is 1.00 bits per heavy atom. The molecule has 2 heterocycles. The molecule has 0 aliphatic heterocycles. The van der Waals surface area contributed by atoms with Crippen LogP contribution >= 0.6 is 0 Å². The van der Waals surface area contributed by atoms with E-state index in [4.69, 9.17) is 10.2 Å². The minimum absolute atomic E-state index is 0.578. The van der Waals surface area contributed by atoms with Gasteiger partial charge in [0.2, 0.25) is 0 Å². The largest absolute Gasteiger partial charge is 0.319 e. The number of nitrogens with one attached hydrogen (secondary N) is 1. The average Bonchev–Trinajstić information content (AvgIpc) is 3.52. The van der Waals surface area contributed by atoms with Gasteiger partial charge in [-0.25, -0.2) is 15.1 Å². The molecule has 5 rings (SSSR count). The number of amides is 1. The van der Waals surface area contributed by atoms with Crippen LogP contribution in [-0.2, 0) is 11.3 Å². The number of imidazole rings is 1. The molecule has 0 aliphatic carbocycles. The molecule has 0 unspecified atom stereocenters. The molecule has 33 heavy (non-hydrogen) atoms. The number of rotatable bonds is 6. The molecule has 1 amide bonds. The quantitative estimate of drug-likeness (QED) is 0.234. The molecule has 0 bridgehead atoms. The van der Waals surface area contributed by atoms with E-state index in [9.17, 15) is 4.79 Å². The average molecular weight is 435 g/mol. The normalized spacial score (nSPS) is 11.3. The molecule has 3 aromatic carbocycles. The number of hydrogen-bond acceptors (Lipinski definition) is 4. The van der Waals surface area contributed by atoms with E-state index in [2.05, 4.69) is 40.0 Å². The molecule has 0 spiro atoms. The minimum Gasteiger partial charge on any atom is -0.319 e. The molecule has 162 valence electrons. The van der Waals surface area contributed by atoms with Crippen molar-refractivity contribution < 1.29 is 10.0 Å². The van der Waals surface area contributed by atoms with Crippen molar-refractivity contribution in [1.82, 2.24) is 24.8 Å². The molecule has 0 radical (unpaired) electrons. The maximum absolute atomic E-state index is 11.3. The van der Waals surface area contributed by atoms with Gasteiger partial charge in [0.15, 0.2) is 0 Å². The molecular formula is C26H21N5O2. The summed E-state index contributed by atoms with van der Waals surface area (Å²) in [6.07, 6.45) is 6.61. The Morgan fingerprint density at radius 2 is 1.85 bits per heavy atom. The second-order valence-corrected chi connectivity index (χ2v) is 7.56. The maximum atomic E-state index is 11.3. The van der Waals surface area contributed by atoms with Gasteiger partial charge in [0.25, 0.3) is 5.91 Å². The summed E-state index contributed by atoms with van der Waals surface area (Å²) in [5.74, 6) is 0.264. The fraction of sp³-hybridized carbons (Fsp3) is 0.0385. The van der Waals surface area contributed by atoms with Gasteiger partial charge in [-0.1, -0.05) is 42.5 Å². The first-order chi connectivity index (χ1) is 16.2. The van der Waals surface area contributed by atoms with Crippen molar-refractivity contribution in [2.75, 3.05) is 0 Å². The van der Waals surface area contributed by atoms with Crippen LogP contribution in [0.1, 0.15) is 11.1 Å². The lowest BCUT2D eigenvalue weighted by atomic mass is 10.1. The van der Waals surface area contributed by atoms with Crippen LogP contribution in [-0.4, -0.2) is 30.4 Å². The number of carbonyl (C=O) groups excluding carboxylic acids is 1. The third-order valence-electron chi connectivity index (χ3n) is 5.38. The molecule has 0 saturated heterocycles. The number of aromatic nitrogens is 4. The fourth-order valence-electron chi connectivity index (χ4n) is 3.80. The van der Waals surface area contributed by atoms with E-state index in [1.54, 1.807) is 17.8 Å². The predicted octanol–water partition coefficient (Wildman–Crippen LogP) is 4.46. The molecule has 0 saturated carbocycles. The summed E-state index contributed by atoms with van der Waals surface area (Å²) in [4.78, 5) is 16.2. The molecule has 7 nitrogen and oxygen atoms in total. The van der Waals surface area contributed by atoms with Crippen LogP contribution in [0.3, 0.4) is 0 Å². The van der Waals surface area contributed by atoms with E-state index >= 15 is 0 Å². The Labute approximate surface area is 190 Å². The van der Waals surface area contributed by atoms with Gasteiger partial charge in [-0.05, 0) is 53.6 Å². The molecule has 0 atom stereocenters. The second kappa shape index (κ2) is 8.94. The van der Waals surface area contributed by atoms with Gasteiger partial charge in [-0.2, -0.15) is 5.10 Å². The second-order valence-electron chi connectivity index (χ2n) is 7.56. The smallest absolute Gasteiger partial charge is 0.267 e. The summed E-state index contributed by atoms with van der Waals surface area (Å²) in [7, 11) is 0. The Kier molecular flexibility index (Phi) is 5.53. The predicted molar refractivity (Wildman–Crippen MR) is 127 cm³/mol. The third-order valence-corrected chi connectivity index (χ3v) is 5.38. The van der Waals surface area contributed by atoms with Crippen molar-refractivity contribution >= 4 is 23.0 Å². The van der Waals surface area contributed by atoms with Crippen molar-refractivity contribution in [3.63, 3.8) is 0 Å². The van der Waals surface area contributed by atoms with E-state index < -0.39 is 5.91 Å². The van der Waals surface area contributed by atoms with E-state index in [0.717, 1.165) is 39.2 Å². The van der Waals surface area contributed by atoms with Crippen molar-refractivity contribution in [2.24, 2.45) is 0 Å². The molecule has 0 aliphatic rings. The monoisotopic (exact) mass is 435 g/mol. The molecule has 7 heteroatoms. The number of fused-ring (bicyclic) bond motifs is 1. The zero-order chi connectivity index (χ0) is 22.6. The molecule has 2 aromatic heterocycles. The Morgan fingerprint density at radius 3 is 2.64 bits per heavy atom. The highest BCUT2D eigenvalue weighted by molar-refractivity contribution is 5.91. The van der Waals surface area contributed by atoms with Crippen molar-refractivity contribution in [3.05, 3.63) is 108 Å². The van der Waals surface area contributed by atoms with Crippen molar-refractivity contribution in [3.8, 4) is 17.1 Å². The first kappa shape index (κ1) is 20.4. The first-order valence-corrected chi connectivity index (χ1v) is 10.5. The van der Waals surface area contributed by atoms with Gasteiger partial charge in [-0.3, -0.25) is 10.0 Å². The lowest BCUT2D eigenvalue weighted by Crippen LogP contribution is -2.14. The van der Waals surface area contributed by atoms with Gasteiger partial charge in [0.05, 0.1) is 16.7 Å². The van der Waals surface area contributed by atoms with Gasteiger partial charge in [-0.15, -0.1) is 0 Å². The number of para-hydroxylation sites is 2. The van der Waals surface area contributed by atoms with Crippen LogP contribution in [0.4, 0.5) is 0 Å². The summed E-state index contributed by atoms with van der Waals surface area (Å²) in [5, 5.41) is 13.0. The van der Waals surface area contributed by atoms with E-state index in [1.807, 2.05) is 59.4 Å². The summed E-state index contributed by atoms with van der Waals surface area (Å²) in [6.45, 7) is 0.655. The van der Waals surface area contributed by atoms with Crippen LogP contribution < -0.4 is 5.48 Å². The molecule has 2 N–H and O–H groups in total. The highest BCUT2D eigenvalue weighted by atomic mass is 16.5. The number of nitrogens with zero attached hydrogens (tertiary/aromatic N) is 4. The van der Waals surface area contributed by atoms with Crippen molar-refractivity contribution in [1.29, 1.82) is 0 Å². The van der Waals surface area contributed by atoms with Gasteiger partial charge in [0.1, 0.15) is 5.82 Å². The zero-order valence-electron chi connectivity index (χ0n) is 17.7. The number of carbonyl (C=O) groups is 1. The van der Waals surface area contributed by atoms with E-state index in [-0.39, 0.29) is 0 Å². The standard InChI is InChI=1S/C26H21N5O2/c32-25(29-33)14-11-19-5-3-6-21(17-19)26-28-23-7-1-2-8-24(23)30(26)18-20-9-12-22(13-10-20)31-16-4-15-27-31/h1-17,33H,18H2,(H,29,32). The third kappa shape index (κ3) is 4.30. The summed E-state index contributed by atoms with van der Waals surface area (Å²) < 4.78 is 4.03. The van der Waals surface area contributed by atoms with Crippen LogP contribution in [0.2, 0.25) is 0 Å². The Bertz CT molecular complexity index is 1430. The molecular weight excluding hydrogens is 414 g/mol. The molecule has 5 aromatic rings. The van der Waals surface area contributed by atoms with Crippen LogP contribution in [0.5, 0.6) is 0 Å². The van der Waals surface area contributed by atoms with Crippen molar-refractivity contribution in [2.45, 2.75) is 6.54 Å². The Balaban J connectivity index is 1.52. The number of benzene rings is 3. The summed E-state index contributed by atoms with van der Waals surface area (Å²) in [6, 6.07) is 26.1. The minimum atomic E-state index is -0.578. The van der Waals surface area contributed by atoms with Crippen LogP contribution in [0.15, 0.2) is 97.3 Å². The topological polar surface area (TPSA) is 85.0 Å². The summed E-state index contributed by atoms with van der Waals surface area (Å²) in [5.41, 5.74) is 7.48. The first-order valence-electron chi connectivity index (χ1n) is 10.5. The van der Waals surface area contributed by atoms with Gasteiger partial charge < -0.3 is 4.57 Å². The van der Waals surface area contributed by atoms with Crippen LogP contribution in [0, 0.1) is 0 Å². The van der Waals surface area contributed by atoms with Gasteiger partial charge in [0, 0.05) is 30.6 Å². The lowest BCUT2D eigenvalue weighted by Gasteiger charge is -2.11. The number of hydrogen-bond donors (Lipinski definition) is 2. The van der Waals surface area contributed by atoms with E-state index in [0.29, 0.717) is 6.54 Å². The maximum Gasteiger partial charge on any atom is 0.267 e.